The summed E-state index contributed by atoms with van der Waals surface area (Å²) in [6.45, 7) is 2.70. The first-order valence-corrected chi connectivity index (χ1v) is 6.79. The van der Waals surface area contributed by atoms with Crippen molar-refractivity contribution < 1.29 is 4.79 Å². The van der Waals surface area contributed by atoms with Crippen molar-refractivity contribution >= 4 is 5.91 Å². The van der Waals surface area contributed by atoms with Gasteiger partial charge in [0.05, 0.1) is 0 Å². The number of amides is 1. The number of nitrogens with two attached hydrogens (primary N) is 1. The smallest absolute Gasteiger partial charge is 0.220 e. The van der Waals surface area contributed by atoms with Crippen LogP contribution in [0.25, 0.3) is 0 Å². The van der Waals surface area contributed by atoms with E-state index in [1.165, 1.54) is 5.56 Å². The van der Waals surface area contributed by atoms with Crippen LogP contribution in [0.4, 0.5) is 0 Å². The van der Waals surface area contributed by atoms with E-state index >= 15 is 0 Å². The van der Waals surface area contributed by atoms with E-state index in [-0.39, 0.29) is 11.9 Å². The lowest BCUT2D eigenvalue weighted by Gasteiger charge is -2.15. The average Bonchev–Trinajstić information content (AvgIpc) is 2.39. The largest absolute Gasteiger partial charge is 0.353 e. The number of carbonyl (C=O) groups is 1. The van der Waals surface area contributed by atoms with Gasteiger partial charge in [-0.25, -0.2) is 0 Å². The van der Waals surface area contributed by atoms with Crippen LogP contribution in [0.3, 0.4) is 0 Å². The number of hydrogen-bond donors (Lipinski definition) is 2. The minimum Gasteiger partial charge on any atom is -0.353 e. The van der Waals surface area contributed by atoms with Gasteiger partial charge in [-0.05, 0) is 37.8 Å². The zero-order valence-corrected chi connectivity index (χ0v) is 11.2. The summed E-state index contributed by atoms with van der Waals surface area (Å²) in [7, 11) is 0. The molecule has 0 saturated carbocycles. The van der Waals surface area contributed by atoms with E-state index in [0.717, 1.165) is 25.7 Å². The number of aryl methyl sites for hydroxylation is 1. The quantitative estimate of drug-likeness (QED) is 0.741. The summed E-state index contributed by atoms with van der Waals surface area (Å²) in [6.07, 6.45) is 4.26. The summed E-state index contributed by atoms with van der Waals surface area (Å²) in [5, 5.41) is 3.03. The van der Waals surface area contributed by atoms with Gasteiger partial charge in [0.2, 0.25) is 5.91 Å². The van der Waals surface area contributed by atoms with Gasteiger partial charge >= 0.3 is 0 Å². The molecule has 0 fully saturated rings. The maximum Gasteiger partial charge on any atom is 0.220 e. The fourth-order valence-corrected chi connectivity index (χ4v) is 1.98. The SMILES string of the molecule is CCC(CCN)NC(=O)CCCc1ccccc1. The van der Waals surface area contributed by atoms with E-state index < -0.39 is 0 Å². The zero-order chi connectivity index (χ0) is 13.2. The monoisotopic (exact) mass is 248 g/mol. The molecular formula is C15H24N2O. The minimum absolute atomic E-state index is 0.145. The van der Waals surface area contributed by atoms with Crippen molar-refractivity contribution in [3.8, 4) is 0 Å². The van der Waals surface area contributed by atoms with Gasteiger partial charge in [-0.2, -0.15) is 0 Å². The second-order valence-corrected chi connectivity index (χ2v) is 4.59. The summed E-state index contributed by atoms with van der Waals surface area (Å²) in [5.41, 5.74) is 6.80. The third kappa shape index (κ3) is 5.82. The first-order chi connectivity index (χ1) is 8.76. The highest BCUT2D eigenvalue weighted by atomic mass is 16.1. The molecule has 0 aliphatic heterocycles. The maximum absolute atomic E-state index is 11.7. The van der Waals surface area contributed by atoms with E-state index in [4.69, 9.17) is 5.73 Å². The van der Waals surface area contributed by atoms with Crippen LogP contribution >= 0.6 is 0 Å². The fraction of sp³-hybridized carbons (Fsp3) is 0.533. The Hall–Kier alpha value is -1.35. The molecule has 1 atom stereocenters. The third-order valence-corrected chi connectivity index (χ3v) is 3.09. The molecule has 0 aromatic heterocycles. The lowest BCUT2D eigenvalue weighted by Crippen LogP contribution is -2.35. The lowest BCUT2D eigenvalue weighted by atomic mass is 10.1. The Bertz CT molecular complexity index is 338. The zero-order valence-electron chi connectivity index (χ0n) is 11.2. The van der Waals surface area contributed by atoms with Gasteiger partial charge in [0.1, 0.15) is 0 Å². The van der Waals surface area contributed by atoms with Crippen LogP contribution in [0.15, 0.2) is 30.3 Å². The molecule has 1 rings (SSSR count). The van der Waals surface area contributed by atoms with E-state index in [9.17, 15) is 4.79 Å². The first kappa shape index (κ1) is 14.7. The molecule has 1 aromatic carbocycles. The van der Waals surface area contributed by atoms with Gasteiger partial charge in [-0.15, -0.1) is 0 Å². The molecule has 1 aromatic rings. The molecule has 100 valence electrons. The van der Waals surface area contributed by atoms with E-state index in [2.05, 4.69) is 24.4 Å². The Labute approximate surface area is 110 Å². The molecule has 1 unspecified atom stereocenters. The van der Waals surface area contributed by atoms with Gasteiger partial charge in [-0.1, -0.05) is 37.3 Å². The summed E-state index contributed by atoms with van der Waals surface area (Å²) >= 11 is 0. The van der Waals surface area contributed by atoms with E-state index in [0.29, 0.717) is 13.0 Å². The molecule has 0 aliphatic rings. The lowest BCUT2D eigenvalue weighted by molar-refractivity contribution is -0.121. The number of benzene rings is 1. The van der Waals surface area contributed by atoms with Gasteiger partial charge in [0, 0.05) is 12.5 Å². The van der Waals surface area contributed by atoms with Crippen LogP contribution in [-0.2, 0) is 11.2 Å². The van der Waals surface area contributed by atoms with E-state index in [1.807, 2.05) is 18.2 Å². The number of hydrogen-bond acceptors (Lipinski definition) is 2. The molecule has 0 spiro atoms. The minimum atomic E-state index is 0.145. The summed E-state index contributed by atoms with van der Waals surface area (Å²) in [5.74, 6) is 0.145. The Morgan fingerprint density at radius 3 is 2.67 bits per heavy atom. The first-order valence-electron chi connectivity index (χ1n) is 6.79. The Morgan fingerprint density at radius 2 is 2.06 bits per heavy atom. The standard InChI is InChI=1S/C15H24N2O/c1-2-14(11-12-16)17-15(18)10-6-9-13-7-4-3-5-8-13/h3-5,7-8,14H,2,6,9-12,16H2,1H3,(H,17,18). The highest BCUT2D eigenvalue weighted by Gasteiger charge is 2.08. The molecule has 18 heavy (non-hydrogen) atoms. The van der Waals surface area contributed by atoms with Crippen LogP contribution in [-0.4, -0.2) is 18.5 Å². The van der Waals surface area contributed by atoms with Gasteiger partial charge in [-0.3, -0.25) is 4.79 Å². The Kier molecular flexibility index (Phi) is 7.11. The Balaban J connectivity index is 2.20. The average molecular weight is 248 g/mol. The van der Waals surface area contributed by atoms with Crippen molar-refractivity contribution in [1.29, 1.82) is 0 Å². The van der Waals surface area contributed by atoms with Crippen LogP contribution in [0.1, 0.15) is 38.2 Å². The van der Waals surface area contributed by atoms with Crippen molar-refractivity contribution in [3.63, 3.8) is 0 Å². The third-order valence-electron chi connectivity index (χ3n) is 3.09. The molecule has 0 radical (unpaired) electrons. The highest BCUT2D eigenvalue weighted by molar-refractivity contribution is 5.76. The second kappa shape index (κ2) is 8.70. The number of nitrogens with one attached hydrogen (secondary N) is 1. The molecule has 3 N–H and O–H groups in total. The predicted octanol–water partition coefficient (Wildman–Crippen LogP) is 2.25. The van der Waals surface area contributed by atoms with Crippen LogP contribution in [0.5, 0.6) is 0 Å². The van der Waals surface area contributed by atoms with Crippen molar-refractivity contribution in [3.05, 3.63) is 35.9 Å². The summed E-state index contributed by atoms with van der Waals surface area (Å²) in [4.78, 5) is 11.7. The van der Waals surface area contributed by atoms with Gasteiger partial charge < -0.3 is 11.1 Å². The van der Waals surface area contributed by atoms with Crippen molar-refractivity contribution in [2.75, 3.05) is 6.54 Å². The highest BCUT2D eigenvalue weighted by Crippen LogP contribution is 2.05. The summed E-state index contributed by atoms with van der Waals surface area (Å²) in [6, 6.07) is 10.5. The second-order valence-electron chi connectivity index (χ2n) is 4.59. The van der Waals surface area contributed by atoms with E-state index in [1.54, 1.807) is 0 Å². The molecule has 0 saturated heterocycles. The number of carbonyl (C=O) groups excluding carboxylic acids is 1. The molecule has 3 heteroatoms. The maximum atomic E-state index is 11.7. The van der Waals surface area contributed by atoms with Crippen LogP contribution in [0.2, 0.25) is 0 Å². The topological polar surface area (TPSA) is 55.1 Å². The molecule has 0 heterocycles. The molecular weight excluding hydrogens is 224 g/mol. The number of rotatable bonds is 8. The normalized spacial score (nSPS) is 12.1. The van der Waals surface area contributed by atoms with Gasteiger partial charge in [0.15, 0.2) is 0 Å². The molecule has 1 amide bonds. The predicted molar refractivity (Wildman–Crippen MR) is 75.3 cm³/mol. The van der Waals surface area contributed by atoms with Crippen LogP contribution in [0, 0.1) is 0 Å². The van der Waals surface area contributed by atoms with Crippen molar-refractivity contribution in [2.24, 2.45) is 5.73 Å². The van der Waals surface area contributed by atoms with Crippen molar-refractivity contribution in [1.82, 2.24) is 5.32 Å². The fourth-order valence-electron chi connectivity index (χ4n) is 1.98. The molecule has 0 bridgehead atoms. The molecule has 0 aliphatic carbocycles. The van der Waals surface area contributed by atoms with Crippen LogP contribution < -0.4 is 11.1 Å². The molecule has 3 nitrogen and oxygen atoms in total. The van der Waals surface area contributed by atoms with Gasteiger partial charge in [0.25, 0.3) is 0 Å². The summed E-state index contributed by atoms with van der Waals surface area (Å²) < 4.78 is 0. The Morgan fingerprint density at radius 1 is 1.33 bits per heavy atom. The van der Waals surface area contributed by atoms with Crippen molar-refractivity contribution in [2.45, 2.75) is 45.1 Å².